The molecule has 2 aromatic carbocycles. The molecule has 0 spiro atoms. The van der Waals surface area contributed by atoms with Crippen molar-refractivity contribution in [3.05, 3.63) is 53.1 Å². The minimum absolute atomic E-state index is 0.256. The third-order valence-electron chi connectivity index (χ3n) is 4.36. The van der Waals surface area contributed by atoms with Crippen molar-refractivity contribution >= 4 is 11.9 Å². The molecule has 0 saturated heterocycles. The van der Waals surface area contributed by atoms with Crippen LogP contribution in [0.3, 0.4) is 0 Å². The fraction of sp³-hybridized carbons (Fsp3) is 0.364. The fourth-order valence-electron chi connectivity index (χ4n) is 3.04. The highest BCUT2D eigenvalue weighted by molar-refractivity contribution is 5.81. The zero-order chi connectivity index (χ0) is 20.8. The fourth-order valence-corrected chi connectivity index (χ4v) is 3.04. The van der Waals surface area contributed by atoms with Crippen molar-refractivity contribution in [2.75, 3.05) is 26.4 Å². The summed E-state index contributed by atoms with van der Waals surface area (Å²) in [5.41, 5.74) is 2.95. The molecular formula is C22H25NO6. The van der Waals surface area contributed by atoms with E-state index in [1.54, 1.807) is 0 Å². The number of nitrogens with one attached hydrogen (secondary N) is 1. The second-order valence-electron chi connectivity index (χ2n) is 6.97. The van der Waals surface area contributed by atoms with Gasteiger partial charge in [0.1, 0.15) is 19.0 Å². The van der Waals surface area contributed by atoms with E-state index in [0.717, 1.165) is 16.7 Å². The topological polar surface area (TPSA) is 83.1 Å². The molecule has 1 aliphatic rings. The van der Waals surface area contributed by atoms with Gasteiger partial charge in [-0.05, 0) is 61.7 Å². The van der Waals surface area contributed by atoms with E-state index in [1.807, 2.05) is 57.2 Å². The lowest BCUT2D eigenvalue weighted by atomic mass is 10.1. The second-order valence-corrected chi connectivity index (χ2v) is 6.97. The quantitative estimate of drug-likeness (QED) is 0.721. The summed E-state index contributed by atoms with van der Waals surface area (Å²) in [7, 11) is 0. The molecule has 0 aliphatic carbocycles. The van der Waals surface area contributed by atoms with E-state index in [4.69, 9.17) is 18.9 Å². The summed E-state index contributed by atoms with van der Waals surface area (Å²) >= 11 is 0. The number of rotatable bonds is 7. The molecule has 7 nitrogen and oxygen atoms in total. The van der Waals surface area contributed by atoms with Crippen LogP contribution >= 0.6 is 0 Å². The Kier molecular flexibility index (Phi) is 6.59. The van der Waals surface area contributed by atoms with Gasteiger partial charge in [0, 0.05) is 0 Å². The van der Waals surface area contributed by atoms with Gasteiger partial charge in [0.05, 0.1) is 6.04 Å². The van der Waals surface area contributed by atoms with E-state index < -0.39 is 11.9 Å². The van der Waals surface area contributed by atoms with E-state index in [0.29, 0.717) is 30.5 Å². The Hall–Kier alpha value is -3.22. The molecule has 1 unspecified atom stereocenters. The van der Waals surface area contributed by atoms with Crippen LogP contribution in [-0.4, -0.2) is 38.3 Å². The molecule has 0 bridgehead atoms. The number of amides is 1. The van der Waals surface area contributed by atoms with Crippen LogP contribution in [0.15, 0.2) is 36.4 Å². The molecule has 7 heteroatoms. The van der Waals surface area contributed by atoms with Crippen molar-refractivity contribution in [2.24, 2.45) is 0 Å². The van der Waals surface area contributed by atoms with Gasteiger partial charge in [-0.25, -0.2) is 4.79 Å². The largest absolute Gasteiger partial charge is 0.486 e. The van der Waals surface area contributed by atoms with Gasteiger partial charge in [0.15, 0.2) is 24.7 Å². The summed E-state index contributed by atoms with van der Waals surface area (Å²) < 4.78 is 21.5. The summed E-state index contributed by atoms with van der Waals surface area (Å²) in [4.78, 5) is 23.9. The summed E-state index contributed by atoms with van der Waals surface area (Å²) in [6, 6.07) is 10.9. The van der Waals surface area contributed by atoms with Gasteiger partial charge in [0.25, 0.3) is 5.91 Å². The third-order valence-corrected chi connectivity index (χ3v) is 4.36. The van der Waals surface area contributed by atoms with E-state index >= 15 is 0 Å². The predicted octanol–water partition coefficient (Wildman–Crippen LogP) is 2.87. The molecule has 1 heterocycles. The SMILES string of the molecule is Cc1cc(C)cc(OCC(=O)OCC(=O)NC(C)c2ccc3c(c2)OCCO3)c1. The number of hydrogen-bond donors (Lipinski definition) is 1. The Bertz CT molecular complexity index is 875. The van der Waals surface area contributed by atoms with E-state index in [2.05, 4.69) is 5.32 Å². The van der Waals surface area contributed by atoms with E-state index in [9.17, 15) is 9.59 Å². The standard InChI is InChI=1S/C22H25NO6/c1-14-8-15(2)10-18(9-14)28-13-22(25)29-12-21(24)23-16(3)17-4-5-19-20(11-17)27-7-6-26-19/h4-5,8-11,16H,6-7,12-13H2,1-3H3,(H,23,24). The first kappa shape index (κ1) is 20.5. The molecule has 2 aromatic rings. The molecule has 154 valence electrons. The number of carbonyl (C=O) groups excluding carboxylic acids is 2. The molecule has 1 N–H and O–H groups in total. The number of fused-ring (bicyclic) bond motifs is 1. The summed E-state index contributed by atoms with van der Waals surface area (Å²) in [5.74, 6) is 0.940. The second kappa shape index (κ2) is 9.32. The molecule has 1 amide bonds. The van der Waals surface area contributed by atoms with Crippen LogP contribution in [0.1, 0.15) is 29.7 Å². The average Bonchev–Trinajstić information content (AvgIpc) is 2.69. The Labute approximate surface area is 169 Å². The Balaban J connectivity index is 1.43. The van der Waals surface area contributed by atoms with Crippen LogP contribution in [0.2, 0.25) is 0 Å². The lowest BCUT2D eigenvalue weighted by molar-refractivity contribution is -0.150. The molecule has 29 heavy (non-hydrogen) atoms. The van der Waals surface area contributed by atoms with Crippen molar-refractivity contribution in [1.82, 2.24) is 5.32 Å². The molecule has 0 saturated carbocycles. The van der Waals surface area contributed by atoms with Crippen molar-refractivity contribution in [1.29, 1.82) is 0 Å². The van der Waals surface area contributed by atoms with Gasteiger partial charge in [-0.15, -0.1) is 0 Å². The Morgan fingerprint density at radius 3 is 2.41 bits per heavy atom. The van der Waals surface area contributed by atoms with Crippen molar-refractivity contribution < 1.29 is 28.5 Å². The van der Waals surface area contributed by atoms with Gasteiger partial charge in [-0.1, -0.05) is 12.1 Å². The van der Waals surface area contributed by atoms with Gasteiger partial charge in [-0.3, -0.25) is 4.79 Å². The molecule has 0 fully saturated rings. The maximum atomic E-state index is 12.1. The number of benzene rings is 2. The smallest absolute Gasteiger partial charge is 0.344 e. The van der Waals surface area contributed by atoms with Gasteiger partial charge < -0.3 is 24.3 Å². The zero-order valence-electron chi connectivity index (χ0n) is 16.8. The third kappa shape index (κ3) is 5.88. The van der Waals surface area contributed by atoms with Crippen LogP contribution in [0, 0.1) is 13.8 Å². The summed E-state index contributed by atoms with van der Waals surface area (Å²) in [6.07, 6.45) is 0. The number of carbonyl (C=O) groups is 2. The van der Waals surface area contributed by atoms with E-state index in [1.165, 1.54) is 0 Å². The van der Waals surface area contributed by atoms with Crippen LogP contribution in [-0.2, 0) is 14.3 Å². The highest BCUT2D eigenvalue weighted by Crippen LogP contribution is 2.32. The van der Waals surface area contributed by atoms with Gasteiger partial charge >= 0.3 is 5.97 Å². The molecule has 1 atom stereocenters. The average molecular weight is 399 g/mol. The molecule has 1 aliphatic heterocycles. The minimum atomic E-state index is -0.605. The maximum absolute atomic E-state index is 12.1. The predicted molar refractivity (Wildman–Crippen MR) is 106 cm³/mol. The molecule has 0 aromatic heterocycles. The maximum Gasteiger partial charge on any atom is 0.344 e. The lowest BCUT2D eigenvalue weighted by Crippen LogP contribution is -2.32. The first-order valence-electron chi connectivity index (χ1n) is 9.46. The van der Waals surface area contributed by atoms with Gasteiger partial charge in [0.2, 0.25) is 0 Å². The van der Waals surface area contributed by atoms with Crippen LogP contribution < -0.4 is 19.5 Å². The lowest BCUT2D eigenvalue weighted by Gasteiger charge is -2.21. The summed E-state index contributed by atoms with van der Waals surface area (Å²) in [6.45, 7) is 6.14. The Morgan fingerprint density at radius 2 is 1.69 bits per heavy atom. The first-order valence-corrected chi connectivity index (χ1v) is 9.46. The van der Waals surface area contributed by atoms with Crippen LogP contribution in [0.4, 0.5) is 0 Å². The molecule has 0 radical (unpaired) electrons. The highest BCUT2D eigenvalue weighted by Gasteiger charge is 2.16. The molecule has 3 rings (SSSR count). The highest BCUT2D eigenvalue weighted by atomic mass is 16.6. The normalized spacial score (nSPS) is 13.3. The van der Waals surface area contributed by atoms with Crippen LogP contribution in [0.25, 0.3) is 0 Å². The zero-order valence-corrected chi connectivity index (χ0v) is 16.8. The van der Waals surface area contributed by atoms with Crippen molar-refractivity contribution in [3.8, 4) is 17.2 Å². The first-order chi connectivity index (χ1) is 13.9. The number of hydrogen-bond acceptors (Lipinski definition) is 6. The van der Waals surface area contributed by atoms with Gasteiger partial charge in [-0.2, -0.15) is 0 Å². The molecular weight excluding hydrogens is 374 g/mol. The number of esters is 1. The van der Waals surface area contributed by atoms with E-state index in [-0.39, 0.29) is 19.3 Å². The van der Waals surface area contributed by atoms with Crippen molar-refractivity contribution in [3.63, 3.8) is 0 Å². The number of ether oxygens (including phenoxy) is 4. The Morgan fingerprint density at radius 1 is 1.00 bits per heavy atom. The van der Waals surface area contributed by atoms with Crippen LogP contribution in [0.5, 0.6) is 17.2 Å². The van der Waals surface area contributed by atoms with Crippen molar-refractivity contribution in [2.45, 2.75) is 26.8 Å². The minimum Gasteiger partial charge on any atom is -0.486 e. The monoisotopic (exact) mass is 399 g/mol. The summed E-state index contributed by atoms with van der Waals surface area (Å²) in [5, 5.41) is 2.79. The number of aryl methyl sites for hydroxylation is 2.